The smallest absolute Gasteiger partial charge is 0.274 e. The lowest BCUT2D eigenvalue weighted by molar-refractivity contribution is -0.115. The highest BCUT2D eigenvalue weighted by Crippen LogP contribution is 2.17. The second-order valence-corrected chi connectivity index (χ2v) is 6.21. The maximum atomic E-state index is 12.0. The van der Waals surface area contributed by atoms with E-state index in [4.69, 9.17) is 4.42 Å². The van der Waals surface area contributed by atoms with Gasteiger partial charge in [-0.15, -0.1) is 11.3 Å². The molecule has 1 aromatic carbocycles. The lowest BCUT2D eigenvalue weighted by atomic mass is 10.2. The zero-order valence-corrected chi connectivity index (χ0v) is 13.6. The summed E-state index contributed by atoms with van der Waals surface area (Å²) in [4.78, 5) is 24.8. The molecule has 0 radical (unpaired) electrons. The van der Waals surface area contributed by atoms with Gasteiger partial charge in [-0.1, -0.05) is 6.07 Å². The monoisotopic (exact) mass is 339 g/mol. The number of aromatic nitrogens is 2. The van der Waals surface area contributed by atoms with Gasteiger partial charge >= 0.3 is 0 Å². The maximum Gasteiger partial charge on any atom is 0.274 e. The van der Waals surface area contributed by atoms with E-state index in [-0.39, 0.29) is 5.91 Å². The van der Waals surface area contributed by atoms with E-state index in [1.54, 1.807) is 17.4 Å². The number of nitrogens with one attached hydrogen (secondary N) is 2. The lowest BCUT2D eigenvalue weighted by Crippen LogP contribution is -2.25. The number of oxazole rings is 1. The third kappa shape index (κ3) is 2.91. The molecule has 0 atom stereocenters. The first-order chi connectivity index (χ1) is 11.7. The van der Waals surface area contributed by atoms with Crippen molar-refractivity contribution in [3.05, 3.63) is 51.9 Å². The van der Waals surface area contributed by atoms with Crippen LogP contribution < -0.4 is 10.6 Å². The lowest BCUT2D eigenvalue weighted by Gasteiger charge is -1.97. The van der Waals surface area contributed by atoms with Crippen LogP contribution in [0, 0.1) is 6.92 Å². The summed E-state index contributed by atoms with van der Waals surface area (Å²) in [5.74, 6) is 0.210. The van der Waals surface area contributed by atoms with Crippen LogP contribution in [-0.2, 0) is 11.3 Å². The predicted molar refractivity (Wildman–Crippen MR) is 91.3 cm³/mol. The van der Waals surface area contributed by atoms with Gasteiger partial charge in [0.05, 0.1) is 6.54 Å². The van der Waals surface area contributed by atoms with E-state index in [0.29, 0.717) is 23.8 Å². The quantitative estimate of drug-likeness (QED) is 0.714. The predicted octanol–water partition coefficient (Wildman–Crippen LogP) is 2.21. The molecule has 0 saturated carbocycles. The number of guanidine groups is 1. The van der Waals surface area contributed by atoms with E-state index < -0.39 is 0 Å². The summed E-state index contributed by atoms with van der Waals surface area (Å²) in [6.07, 6.45) is 3.14. The van der Waals surface area contributed by atoms with Crippen molar-refractivity contribution in [2.75, 3.05) is 0 Å². The molecule has 0 spiro atoms. The van der Waals surface area contributed by atoms with Gasteiger partial charge in [0, 0.05) is 11.1 Å². The van der Waals surface area contributed by atoms with Gasteiger partial charge < -0.3 is 9.73 Å². The van der Waals surface area contributed by atoms with Crippen molar-refractivity contribution in [1.29, 1.82) is 0 Å². The topological polar surface area (TPSA) is 92.4 Å². The highest BCUT2D eigenvalue weighted by atomic mass is 32.1. The second kappa shape index (κ2) is 5.89. The fourth-order valence-corrected chi connectivity index (χ4v) is 3.02. The largest absolute Gasteiger partial charge is 0.443 e. The molecule has 1 aliphatic heterocycles. The number of carbonyl (C=O) groups is 1. The molecule has 2 N–H and O–H groups in total. The third-order valence-corrected chi connectivity index (χ3v) is 4.39. The number of carbonyl (C=O) groups excluding carboxylic acids is 1. The van der Waals surface area contributed by atoms with Gasteiger partial charge in [-0.3, -0.25) is 10.1 Å². The molecular formula is C16H13N5O2S. The van der Waals surface area contributed by atoms with Crippen molar-refractivity contribution in [3.63, 3.8) is 0 Å². The zero-order valence-electron chi connectivity index (χ0n) is 12.7. The Bertz CT molecular complexity index is 985. The normalized spacial score (nSPS) is 17.6. The van der Waals surface area contributed by atoms with Crippen molar-refractivity contribution < 1.29 is 9.21 Å². The first-order valence-corrected chi connectivity index (χ1v) is 8.14. The summed E-state index contributed by atoms with van der Waals surface area (Å²) >= 11 is 1.55. The van der Waals surface area contributed by atoms with Gasteiger partial charge in [-0.25, -0.2) is 15.0 Å². The molecule has 4 rings (SSSR count). The summed E-state index contributed by atoms with van der Waals surface area (Å²) in [6, 6.07) is 5.55. The Balaban J connectivity index is 1.52. The van der Waals surface area contributed by atoms with Gasteiger partial charge in [-0.05, 0) is 30.7 Å². The number of rotatable bonds is 3. The Morgan fingerprint density at radius 3 is 3.12 bits per heavy atom. The van der Waals surface area contributed by atoms with Crippen LogP contribution in [0.15, 0.2) is 45.1 Å². The standard InChI is InChI=1S/C16H13N5O2S/c1-9-7-24-14(19-9)6-17-16-20-12(15(22)21-16)4-10-2-3-11-13(5-10)23-8-18-11/h2-5,7-8H,6H2,1H3,(H2,17,20,21,22)/b12-4-. The van der Waals surface area contributed by atoms with E-state index in [1.165, 1.54) is 6.39 Å². The number of hydrogen-bond acceptors (Lipinski definition) is 6. The van der Waals surface area contributed by atoms with Crippen LogP contribution in [0.4, 0.5) is 0 Å². The molecule has 0 bridgehead atoms. The van der Waals surface area contributed by atoms with Crippen LogP contribution in [0.25, 0.3) is 17.2 Å². The number of aryl methyl sites for hydroxylation is 1. The van der Waals surface area contributed by atoms with Crippen molar-refractivity contribution in [1.82, 2.24) is 20.6 Å². The van der Waals surface area contributed by atoms with E-state index in [0.717, 1.165) is 21.8 Å². The van der Waals surface area contributed by atoms with Gasteiger partial charge in [0.2, 0.25) is 5.96 Å². The minimum Gasteiger partial charge on any atom is -0.443 e. The molecule has 120 valence electrons. The number of aliphatic imine (C=N–C) groups is 1. The van der Waals surface area contributed by atoms with Crippen molar-refractivity contribution in [2.24, 2.45) is 4.99 Å². The Hall–Kier alpha value is -3.00. The van der Waals surface area contributed by atoms with Crippen molar-refractivity contribution in [2.45, 2.75) is 13.5 Å². The van der Waals surface area contributed by atoms with Crippen molar-refractivity contribution >= 4 is 40.4 Å². The average molecular weight is 339 g/mol. The van der Waals surface area contributed by atoms with Crippen molar-refractivity contribution in [3.8, 4) is 0 Å². The number of hydrogen-bond donors (Lipinski definition) is 2. The minimum atomic E-state index is -0.221. The van der Waals surface area contributed by atoms with Crippen LogP contribution in [-0.4, -0.2) is 21.8 Å². The summed E-state index contributed by atoms with van der Waals surface area (Å²) in [7, 11) is 0. The van der Waals surface area contributed by atoms with Gasteiger partial charge in [0.15, 0.2) is 12.0 Å². The molecule has 1 saturated heterocycles. The van der Waals surface area contributed by atoms with E-state index in [1.807, 2.05) is 30.5 Å². The molecule has 24 heavy (non-hydrogen) atoms. The molecule has 0 aliphatic carbocycles. The van der Waals surface area contributed by atoms with E-state index >= 15 is 0 Å². The molecule has 3 heterocycles. The number of nitrogens with zero attached hydrogens (tertiary/aromatic N) is 3. The summed E-state index contributed by atoms with van der Waals surface area (Å²) in [6.45, 7) is 2.37. The maximum absolute atomic E-state index is 12.0. The molecular weight excluding hydrogens is 326 g/mol. The minimum absolute atomic E-state index is 0.221. The van der Waals surface area contributed by atoms with Gasteiger partial charge in [0.1, 0.15) is 16.2 Å². The fourth-order valence-electron chi connectivity index (χ4n) is 2.32. The highest BCUT2D eigenvalue weighted by molar-refractivity contribution is 7.09. The third-order valence-electron chi connectivity index (χ3n) is 3.43. The number of amides is 1. The Morgan fingerprint density at radius 1 is 1.38 bits per heavy atom. The van der Waals surface area contributed by atoms with E-state index in [2.05, 4.69) is 25.6 Å². The molecule has 3 aromatic rings. The van der Waals surface area contributed by atoms with Crippen LogP contribution >= 0.6 is 11.3 Å². The number of thiazole rings is 1. The molecule has 1 aliphatic rings. The molecule has 2 aromatic heterocycles. The Morgan fingerprint density at radius 2 is 2.29 bits per heavy atom. The summed E-state index contributed by atoms with van der Waals surface area (Å²) in [5.41, 5.74) is 3.71. The van der Waals surface area contributed by atoms with Crippen LogP contribution in [0.5, 0.6) is 0 Å². The van der Waals surface area contributed by atoms with Crippen LogP contribution in [0.2, 0.25) is 0 Å². The van der Waals surface area contributed by atoms with Crippen LogP contribution in [0.3, 0.4) is 0 Å². The SMILES string of the molecule is Cc1csc(CN=C2NC(=O)/C(=C/c3ccc4ncoc4c3)N2)n1. The average Bonchev–Trinajstić information content (AvgIpc) is 3.26. The highest BCUT2D eigenvalue weighted by Gasteiger charge is 2.21. The summed E-state index contributed by atoms with van der Waals surface area (Å²) < 4.78 is 5.27. The number of benzene rings is 1. The fraction of sp³-hybridized carbons (Fsp3) is 0.125. The van der Waals surface area contributed by atoms with E-state index in [9.17, 15) is 4.79 Å². The summed E-state index contributed by atoms with van der Waals surface area (Å²) in [5, 5.41) is 8.58. The molecule has 0 unspecified atom stereocenters. The Kier molecular flexibility index (Phi) is 3.58. The number of fused-ring (bicyclic) bond motifs is 1. The van der Waals surface area contributed by atoms with Crippen LogP contribution in [0.1, 0.15) is 16.3 Å². The molecule has 8 heteroatoms. The van der Waals surface area contributed by atoms with Gasteiger partial charge in [-0.2, -0.15) is 0 Å². The Labute approximate surface area is 141 Å². The first-order valence-electron chi connectivity index (χ1n) is 7.26. The molecule has 7 nitrogen and oxygen atoms in total. The van der Waals surface area contributed by atoms with Gasteiger partial charge in [0.25, 0.3) is 5.91 Å². The molecule has 1 fully saturated rings. The zero-order chi connectivity index (χ0) is 16.5. The first kappa shape index (κ1) is 14.6. The second-order valence-electron chi connectivity index (χ2n) is 5.26. The molecule has 1 amide bonds.